The summed E-state index contributed by atoms with van der Waals surface area (Å²) in [6.45, 7) is 9.57. The van der Waals surface area contributed by atoms with Crippen LogP contribution >= 0.6 is 11.3 Å². The molecule has 7 rings (SSSR count). The number of amides is 1. The van der Waals surface area contributed by atoms with Crippen molar-refractivity contribution in [1.82, 2.24) is 14.7 Å². The summed E-state index contributed by atoms with van der Waals surface area (Å²) in [5, 5.41) is 24.4. The van der Waals surface area contributed by atoms with E-state index in [1.165, 1.54) is 25.7 Å². The van der Waals surface area contributed by atoms with Crippen LogP contribution in [0.4, 0.5) is 5.69 Å². The Hall–Kier alpha value is -1.97. The zero-order valence-electron chi connectivity index (χ0n) is 25.7. The van der Waals surface area contributed by atoms with Crippen molar-refractivity contribution < 1.29 is 15.0 Å². The number of fused-ring (bicyclic) bond motifs is 2. The molecule has 2 aliphatic heterocycles. The van der Waals surface area contributed by atoms with Gasteiger partial charge >= 0.3 is 0 Å². The number of nitrogens with zero attached hydrogens (tertiary/aromatic N) is 4. The molecule has 1 spiro atoms. The monoisotopic (exact) mass is 594 g/mol. The van der Waals surface area contributed by atoms with Crippen molar-refractivity contribution in [2.24, 2.45) is 23.2 Å². The van der Waals surface area contributed by atoms with Gasteiger partial charge in [-0.3, -0.25) is 9.69 Å². The van der Waals surface area contributed by atoms with Crippen molar-refractivity contribution in [3.05, 3.63) is 52.7 Å². The third-order valence-electron chi connectivity index (χ3n) is 11.7. The average molecular weight is 595 g/mol. The lowest BCUT2D eigenvalue weighted by Crippen LogP contribution is -2.57. The van der Waals surface area contributed by atoms with Crippen LogP contribution in [0.1, 0.15) is 64.0 Å². The predicted octanol–water partition coefficient (Wildman–Crippen LogP) is 4.68. The second-order valence-corrected chi connectivity index (χ2v) is 14.8. The highest BCUT2D eigenvalue weighted by atomic mass is 32.1. The topological polar surface area (TPSA) is 70.5 Å². The van der Waals surface area contributed by atoms with E-state index in [4.69, 9.17) is 0 Å². The molecular formula is C34H50N4O3S. The third kappa shape index (κ3) is 5.43. The molecule has 5 unspecified atom stereocenters. The lowest BCUT2D eigenvalue weighted by molar-refractivity contribution is -0.134. The molecule has 230 valence electrons. The Morgan fingerprint density at radius 1 is 1.10 bits per heavy atom. The summed E-state index contributed by atoms with van der Waals surface area (Å²) in [6.07, 6.45) is 6.40. The molecule has 5 fully saturated rings. The Morgan fingerprint density at radius 2 is 1.86 bits per heavy atom. The Balaban J connectivity index is 1.11. The molecule has 3 heterocycles. The Bertz CT molecular complexity index is 1180. The molecular weight excluding hydrogens is 544 g/mol. The Labute approximate surface area is 256 Å². The number of hydrogen-bond donors (Lipinski definition) is 2. The van der Waals surface area contributed by atoms with Gasteiger partial charge in [0.1, 0.15) is 5.54 Å². The minimum Gasteiger partial charge on any atom is -0.394 e. The van der Waals surface area contributed by atoms with E-state index in [-0.39, 0.29) is 18.6 Å². The van der Waals surface area contributed by atoms with Gasteiger partial charge in [0.15, 0.2) is 0 Å². The number of carbonyl (C=O) groups is 1. The molecule has 0 radical (unpaired) electrons. The fraction of sp³-hybridized carbons (Fsp3) is 0.676. The second-order valence-electron chi connectivity index (χ2n) is 14.1. The summed E-state index contributed by atoms with van der Waals surface area (Å²) in [4.78, 5) is 23.3. The minimum atomic E-state index is -0.874. The molecule has 2 bridgehead atoms. The normalized spacial score (nSPS) is 28.3. The molecule has 8 heteroatoms. The van der Waals surface area contributed by atoms with Crippen molar-refractivity contribution in [2.75, 3.05) is 57.9 Å². The van der Waals surface area contributed by atoms with Crippen molar-refractivity contribution in [2.45, 2.75) is 70.1 Å². The average Bonchev–Trinajstić information content (AvgIpc) is 3.63. The first-order chi connectivity index (χ1) is 20.2. The van der Waals surface area contributed by atoms with Crippen molar-refractivity contribution in [1.29, 1.82) is 0 Å². The van der Waals surface area contributed by atoms with Gasteiger partial charge < -0.3 is 24.9 Å². The SMILES string of the molecule is CN(CCN1CN(c2ccccc2)C2(CCN(CCC3CCC4CC3C4(C)C)CC2)C1=O)C(c1ccsc1)C(O)CO. The smallest absolute Gasteiger partial charge is 0.250 e. The molecule has 3 aliphatic carbocycles. The van der Waals surface area contributed by atoms with E-state index in [2.05, 4.69) is 52.8 Å². The molecule has 5 aliphatic rings. The number of aliphatic hydroxyl groups is 2. The Kier molecular flexibility index (Phi) is 8.73. The molecule has 42 heavy (non-hydrogen) atoms. The van der Waals surface area contributed by atoms with Gasteiger partial charge in [-0.05, 0) is 110 Å². The number of benzene rings is 1. The summed E-state index contributed by atoms with van der Waals surface area (Å²) in [6, 6.07) is 12.1. The zero-order valence-corrected chi connectivity index (χ0v) is 26.5. The van der Waals surface area contributed by atoms with E-state index in [1.54, 1.807) is 11.3 Å². The van der Waals surface area contributed by atoms with E-state index in [0.717, 1.165) is 61.5 Å². The number of aliphatic hydroxyl groups excluding tert-OH is 2. The summed E-state index contributed by atoms with van der Waals surface area (Å²) in [5.74, 6) is 2.96. The Morgan fingerprint density at radius 3 is 2.50 bits per heavy atom. The van der Waals surface area contributed by atoms with E-state index in [9.17, 15) is 15.0 Å². The number of carbonyl (C=O) groups excluding carboxylic acids is 1. The van der Waals surface area contributed by atoms with Crippen LogP contribution in [0, 0.1) is 23.2 Å². The molecule has 2 saturated heterocycles. The van der Waals surface area contributed by atoms with Gasteiger partial charge in [0, 0.05) is 31.9 Å². The highest BCUT2D eigenvalue weighted by molar-refractivity contribution is 7.08. The summed E-state index contributed by atoms with van der Waals surface area (Å²) in [5.41, 5.74) is 2.16. The highest BCUT2D eigenvalue weighted by Gasteiger charge is 2.55. The maximum Gasteiger partial charge on any atom is 0.250 e. The molecule has 2 N–H and O–H groups in total. The number of thiophene rings is 1. The minimum absolute atomic E-state index is 0.240. The molecule has 2 aromatic rings. The highest BCUT2D eigenvalue weighted by Crippen LogP contribution is 2.62. The van der Waals surface area contributed by atoms with E-state index in [1.807, 2.05) is 34.8 Å². The van der Waals surface area contributed by atoms with Crippen molar-refractivity contribution >= 4 is 22.9 Å². The maximum atomic E-state index is 14.3. The number of para-hydroxylation sites is 1. The summed E-state index contributed by atoms with van der Waals surface area (Å²) < 4.78 is 0. The van der Waals surface area contributed by atoms with Crippen LogP contribution in [0.5, 0.6) is 0 Å². The van der Waals surface area contributed by atoms with E-state index >= 15 is 0 Å². The van der Waals surface area contributed by atoms with Gasteiger partial charge in [-0.1, -0.05) is 32.0 Å². The van der Waals surface area contributed by atoms with Crippen LogP contribution in [0.25, 0.3) is 0 Å². The second kappa shape index (κ2) is 12.2. The van der Waals surface area contributed by atoms with Gasteiger partial charge in [-0.2, -0.15) is 11.3 Å². The number of piperidine rings is 1. The van der Waals surface area contributed by atoms with Gasteiger partial charge in [-0.25, -0.2) is 0 Å². The maximum absolute atomic E-state index is 14.3. The summed E-state index contributed by atoms with van der Waals surface area (Å²) in [7, 11) is 1.97. The standard InChI is InChI=1S/C34H50N4O3S/c1-33(2)27-10-9-25(29(33)21-27)11-15-36-16-13-34(14-17-36)32(41)37(24-38(34)28-7-5-4-6-8-28)19-18-35(3)31(30(40)22-39)26-12-20-42-23-26/h4-8,12,20,23,25,27,29-31,39-40H,9-11,13-19,21-22,24H2,1-3H3. The fourth-order valence-electron chi connectivity index (χ4n) is 8.91. The predicted molar refractivity (Wildman–Crippen MR) is 169 cm³/mol. The lowest BCUT2D eigenvalue weighted by atomic mass is 9.45. The first-order valence-corrected chi connectivity index (χ1v) is 17.0. The molecule has 5 atom stereocenters. The molecule has 1 aromatic heterocycles. The lowest BCUT2D eigenvalue weighted by Gasteiger charge is -2.60. The number of likely N-dealkylation sites (N-methyl/N-ethyl adjacent to an activating group) is 1. The number of hydrogen-bond acceptors (Lipinski definition) is 7. The van der Waals surface area contributed by atoms with Crippen LogP contribution in [0.15, 0.2) is 47.2 Å². The molecule has 3 saturated carbocycles. The first-order valence-electron chi connectivity index (χ1n) is 16.1. The molecule has 1 amide bonds. The van der Waals surface area contributed by atoms with Gasteiger partial charge in [0.2, 0.25) is 5.91 Å². The largest absolute Gasteiger partial charge is 0.394 e. The van der Waals surface area contributed by atoms with E-state index in [0.29, 0.717) is 25.2 Å². The number of rotatable bonds is 11. The van der Waals surface area contributed by atoms with E-state index < -0.39 is 11.6 Å². The van der Waals surface area contributed by atoms with Crippen LogP contribution in [-0.2, 0) is 4.79 Å². The first kappa shape index (κ1) is 30.1. The quantitative estimate of drug-likeness (QED) is 0.394. The van der Waals surface area contributed by atoms with Crippen molar-refractivity contribution in [3.63, 3.8) is 0 Å². The molecule has 7 nitrogen and oxygen atoms in total. The zero-order chi connectivity index (χ0) is 29.5. The third-order valence-corrected chi connectivity index (χ3v) is 12.4. The number of anilines is 1. The van der Waals surface area contributed by atoms with Gasteiger partial charge in [-0.15, -0.1) is 0 Å². The number of likely N-dealkylation sites (tertiary alicyclic amines) is 1. The van der Waals surface area contributed by atoms with Crippen LogP contribution in [0.2, 0.25) is 0 Å². The van der Waals surface area contributed by atoms with Gasteiger partial charge in [0.25, 0.3) is 0 Å². The van der Waals surface area contributed by atoms with Crippen LogP contribution in [-0.4, -0.2) is 95.5 Å². The van der Waals surface area contributed by atoms with Crippen LogP contribution < -0.4 is 4.90 Å². The van der Waals surface area contributed by atoms with Gasteiger partial charge in [0.05, 0.1) is 25.4 Å². The summed E-state index contributed by atoms with van der Waals surface area (Å²) >= 11 is 1.59. The fourth-order valence-corrected chi connectivity index (χ4v) is 9.60. The molecule has 1 aromatic carbocycles. The van der Waals surface area contributed by atoms with Crippen molar-refractivity contribution in [3.8, 4) is 0 Å². The van der Waals surface area contributed by atoms with Crippen LogP contribution in [0.3, 0.4) is 0 Å².